The maximum Gasteiger partial charge on any atom is 0.105 e. The van der Waals surface area contributed by atoms with E-state index in [1.54, 1.807) is 0 Å². The van der Waals surface area contributed by atoms with Gasteiger partial charge in [0.1, 0.15) is 5.54 Å². The molecule has 1 rings (SSSR count). The number of nitrogens with zero attached hydrogens (tertiary/aromatic N) is 2. The number of nitriles is 1. The van der Waals surface area contributed by atoms with Gasteiger partial charge in [-0.15, -0.1) is 0 Å². The predicted octanol–water partition coefficient (Wildman–Crippen LogP) is 2.14. The fourth-order valence-electron chi connectivity index (χ4n) is 2.15. The summed E-state index contributed by atoms with van der Waals surface area (Å²) in [4.78, 5) is 2.55. The summed E-state index contributed by atoms with van der Waals surface area (Å²) in [5, 5.41) is 12.5. The molecule has 16 heavy (non-hydrogen) atoms. The highest BCUT2D eigenvalue weighted by Gasteiger charge is 2.30. The van der Waals surface area contributed by atoms with Gasteiger partial charge in [-0.2, -0.15) is 5.26 Å². The topological polar surface area (TPSA) is 39.1 Å². The number of rotatable bonds is 8. The van der Waals surface area contributed by atoms with Gasteiger partial charge in [-0.3, -0.25) is 5.32 Å². The standard InChI is InChI=1S/C13H25N3/c1-4-9-16(12-6-7-12)10-8-13(3,11-14)15-5-2/h12,15H,4-10H2,1-3H3. The van der Waals surface area contributed by atoms with E-state index in [-0.39, 0.29) is 5.54 Å². The molecule has 0 amide bonds. The molecule has 1 aliphatic carbocycles. The molecule has 0 aromatic carbocycles. The Morgan fingerprint density at radius 3 is 2.50 bits per heavy atom. The minimum atomic E-state index is -0.352. The first-order valence-corrected chi connectivity index (χ1v) is 6.55. The Balaban J connectivity index is 2.37. The van der Waals surface area contributed by atoms with Crippen molar-refractivity contribution in [3.63, 3.8) is 0 Å². The smallest absolute Gasteiger partial charge is 0.105 e. The van der Waals surface area contributed by atoms with E-state index in [2.05, 4.69) is 30.1 Å². The molecule has 1 N–H and O–H groups in total. The molecule has 1 atom stereocenters. The molecule has 0 aromatic rings. The van der Waals surface area contributed by atoms with Crippen molar-refractivity contribution in [1.29, 1.82) is 5.26 Å². The Morgan fingerprint density at radius 2 is 2.06 bits per heavy atom. The Morgan fingerprint density at radius 1 is 1.38 bits per heavy atom. The molecule has 3 heteroatoms. The highest BCUT2D eigenvalue weighted by atomic mass is 15.2. The molecular formula is C13H25N3. The largest absolute Gasteiger partial charge is 0.300 e. The first-order chi connectivity index (χ1) is 7.65. The Bertz CT molecular complexity index is 242. The summed E-state index contributed by atoms with van der Waals surface area (Å²) in [6, 6.07) is 3.21. The van der Waals surface area contributed by atoms with Crippen LogP contribution in [0, 0.1) is 11.3 Å². The lowest BCUT2D eigenvalue weighted by molar-refractivity contribution is 0.237. The molecular weight excluding hydrogens is 198 g/mol. The second-order valence-electron chi connectivity index (χ2n) is 4.99. The molecule has 0 radical (unpaired) electrons. The molecule has 3 nitrogen and oxygen atoms in total. The zero-order chi connectivity index (χ0) is 12.0. The van der Waals surface area contributed by atoms with Gasteiger partial charge in [-0.05, 0) is 45.7 Å². The average molecular weight is 223 g/mol. The summed E-state index contributed by atoms with van der Waals surface area (Å²) in [5.74, 6) is 0. The van der Waals surface area contributed by atoms with E-state index in [0.29, 0.717) is 0 Å². The average Bonchev–Trinajstić information content (AvgIpc) is 3.08. The van der Waals surface area contributed by atoms with Crippen molar-refractivity contribution in [3.05, 3.63) is 0 Å². The SMILES string of the molecule is CCCN(CCC(C)(C#N)NCC)C1CC1. The lowest BCUT2D eigenvalue weighted by Crippen LogP contribution is -2.44. The van der Waals surface area contributed by atoms with E-state index in [1.165, 1.54) is 25.8 Å². The number of hydrogen-bond donors (Lipinski definition) is 1. The van der Waals surface area contributed by atoms with Gasteiger partial charge in [0.15, 0.2) is 0 Å². The van der Waals surface area contributed by atoms with Crippen molar-refractivity contribution in [2.75, 3.05) is 19.6 Å². The zero-order valence-corrected chi connectivity index (χ0v) is 10.9. The van der Waals surface area contributed by atoms with Gasteiger partial charge in [0.25, 0.3) is 0 Å². The summed E-state index contributed by atoms with van der Waals surface area (Å²) in [7, 11) is 0. The van der Waals surface area contributed by atoms with Crippen molar-refractivity contribution in [3.8, 4) is 6.07 Å². The van der Waals surface area contributed by atoms with Crippen molar-refractivity contribution in [1.82, 2.24) is 10.2 Å². The normalized spacial score (nSPS) is 19.4. The minimum Gasteiger partial charge on any atom is -0.300 e. The lowest BCUT2D eigenvalue weighted by Gasteiger charge is -2.27. The molecule has 1 unspecified atom stereocenters. The highest BCUT2D eigenvalue weighted by molar-refractivity contribution is 5.04. The first kappa shape index (κ1) is 13.5. The summed E-state index contributed by atoms with van der Waals surface area (Å²) in [6.07, 6.45) is 4.84. The molecule has 0 spiro atoms. The number of nitrogens with one attached hydrogen (secondary N) is 1. The number of hydrogen-bond acceptors (Lipinski definition) is 3. The van der Waals surface area contributed by atoms with Gasteiger partial charge in [0.2, 0.25) is 0 Å². The molecule has 0 aromatic heterocycles. The van der Waals surface area contributed by atoms with Gasteiger partial charge in [-0.1, -0.05) is 13.8 Å². The fraction of sp³-hybridized carbons (Fsp3) is 0.923. The third-order valence-corrected chi connectivity index (χ3v) is 3.29. The van der Waals surface area contributed by atoms with Crippen molar-refractivity contribution < 1.29 is 0 Å². The zero-order valence-electron chi connectivity index (χ0n) is 10.9. The molecule has 0 aliphatic heterocycles. The second kappa shape index (κ2) is 6.22. The van der Waals surface area contributed by atoms with Crippen molar-refractivity contribution >= 4 is 0 Å². The lowest BCUT2D eigenvalue weighted by atomic mass is 9.99. The van der Waals surface area contributed by atoms with Crippen LogP contribution in [0.2, 0.25) is 0 Å². The van der Waals surface area contributed by atoms with Gasteiger partial charge >= 0.3 is 0 Å². The van der Waals surface area contributed by atoms with Crippen LogP contribution >= 0.6 is 0 Å². The van der Waals surface area contributed by atoms with Gasteiger partial charge in [0.05, 0.1) is 6.07 Å². The van der Waals surface area contributed by atoms with Gasteiger partial charge in [0, 0.05) is 12.6 Å². The minimum absolute atomic E-state index is 0.352. The van der Waals surface area contributed by atoms with Crippen LogP contribution in [0.15, 0.2) is 0 Å². The van der Waals surface area contributed by atoms with Gasteiger partial charge < -0.3 is 4.90 Å². The van der Waals surface area contributed by atoms with Crippen LogP contribution in [0.5, 0.6) is 0 Å². The van der Waals surface area contributed by atoms with E-state index in [0.717, 1.165) is 25.6 Å². The molecule has 1 aliphatic rings. The molecule has 1 saturated carbocycles. The first-order valence-electron chi connectivity index (χ1n) is 6.55. The van der Waals surface area contributed by atoms with E-state index >= 15 is 0 Å². The van der Waals surface area contributed by atoms with Crippen molar-refractivity contribution in [2.24, 2.45) is 0 Å². The Labute approximate surface area is 99.8 Å². The third kappa shape index (κ3) is 4.11. The van der Waals surface area contributed by atoms with E-state index in [1.807, 2.05) is 6.92 Å². The van der Waals surface area contributed by atoms with Crippen LogP contribution in [0.1, 0.15) is 46.5 Å². The van der Waals surface area contributed by atoms with Gasteiger partial charge in [-0.25, -0.2) is 0 Å². The maximum absolute atomic E-state index is 9.18. The molecule has 0 bridgehead atoms. The highest BCUT2D eigenvalue weighted by Crippen LogP contribution is 2.27. The van der Waals surface area contributed by atoms with Crippen LogP contribution in [0.4, 0.5) is 0 Å². The third-order valence-electron chi connectivity index (χ3n) is 3.29. The quantitative estimate of drug-likeness (QED) is 0.685. The maximum atomic E-state index is 9.18. The fourth-order valence-corrected chi connectivity index (χ4v) is 2.15. The van der Waals surface area contributed by atoms with Crippen LogP contribution in [-0.4, -0.2) is 36.1 Å². The molecule has 1 fully saturated rings. The van der Waals surface area contributed by atoms with Crippen LogP contribution in [-0.2, 0) is 0 Å². The molecule has 0 heterocycles. The monoisotopic (exact) mass is 223 g/mol. The van der Waals surface area contributed by atoms with E-state index in [4.69, 9.17) is 0 Å². The Kier molecular flexibility index (Phi) is 5.24. The summed E-state index contributed by atoms with van der Waals surface area (Å²) < 4.78 is 0. The van der Waals surface area contributed by atoms with Crippen molar-refractivity contribution in [2.45, 2.75) is 58.0 Å². The summed E-state index contributed by atoms with van der Waals surface area (Å²) >= 11 is 0. The molecule has 0 saturated heterocycles. The van der Waals surface area contributed by atoms with Crippen LogP contribution in [0.3, 0.4) is 0 Å². The summed E-state index contributed by atoms with van der Waals surface area (Å²) in [5.41, 5.74) is -0.352. The Hall–Kier alpha value is -0.590. The summed E-state index contributed by atoms with van der Waals surface area (Å²) in [6.45, 7) is 9.38. The van der Waals surface area contributed by atoms with E-state index < -0.39 is 0 Å². The van der Waals surface area contributed by atoms with Crippen LogP contribution < -0.4 is 5.32 Å². The van der Waals surface area contributed by atoms with E-state index in [9.17, 15) is 5.26 Å². The second-order valence-corrected chi connectivity index (χ2v) is 4.99. The molecule has 92 valence electrons. The predicted molar refractivity (Wildman–Crippen MR) is 67.2 cm³/mol. The van der Waals surface area contributed by atoms with Crippen LogP contribution in [0.25, 0.3) is 0 Å².